The van der Waals surface area contributed by atoms with Crippen molar-refractivity contribution in [2.24, 2.45) is 5.92 Å². The number of nitrogens with zero attached hydrogens (tertiary/aromatic N) is 2. The monoisotopic (exact) mass is 356 g/mol. The van der Waals surface area contributed by atoms with Crippen LogP contribution in [0.5, 0.6) is 0 Å². The van der Waals surface area contributed by atoms with Crippen LogP contribution in [0.1, 0.15) is 30.9 Å². The molecule has 1 N–H and O–H groups in total. The molecule has 0 amide bonds. The Morgan fingerprint density at radius 1 is 1.33 bits per heavy atom. The Balaban J connectivity index is 2.56. The third-order valence-electron chi connectivity index (χ3n) is 4.61. The lowest BCUT2D eigenvalue weighted by atomic mass is 9.92. The molecule has 0 saturated carbocycles. The summed E-state index contributed by atoms with van der Waals surface area (Å²) in [7, 11) is -4.16. The molecule has 0 radical (unpaired) electrons. The van der Waals surface area contributed by atoms with Crippen LogP contribution < -0.4 is 0 Å². The van der Waals surface area contributed by atoms with E-state index in [1.807, 2.05) is 0 Å². The first-order chi connectivity index (χ1) is 11.1. The zero-order chi connectivity index (χ0) is 18.2. The number of carbonyl (C=O) groups is 1. The van der Waals surface area contributed by atoms with E-state index in [0.717, 1.165) is 4.31 Å². The Hall–Kier alpha value is -2.00. The molecule has 24 heavy (non-hydrogen) atoms. The van der Waals surface area contributed by atoms with Crippen molar-refractivity contribution in [3.05, 3.63) is 33.4 Å². The first-order valence-electron chi connectivity index (χ1n) is 7.57. The van der Waals surface area contributed by atoms with Crippen molar-refractivity contribution in [3.8, 4) is 0 Å². The molecule has 1 aromatic rings. The lowest BCUT2D eigenvalue weighted by Gasteiger charge is -2.36. The molecule has 1 heterocycles. The van der Waals surface area contributed by atoms with E-state index in [9.17, 15) is 28.4 Å². The van der Waals surface area contributed by atoms with E-state index in [1.54, 1.807) is 13.8 Å². The van der Waals surface area contributed by atoms with Gasteiger partial charge in [-0.05, 0) is 50.8 Å². The lowest BCUT2D eigenvalue weighted by Crippen LogP contribution is -2.49. The average molecular weight is 356 g/mol. The molecule has 132 valence electrons. The van der Waals surface area contributed by atoms with Gasteiger partial charge >= 0.3 is 5.97 Å². The number of sulfonamides is 1. The standard InChI is InChI=1S/C15H20N2O6S/c1-9-7-13(17(20)21)14(8-10(9)2)24(22,23)16-6-4-5-12(11(16)3)15(18)19/h7-8,11-12H,4-6H2,1-3H3,(H,18,19)/t11-,12-/m1/s1. The molecule has 1 fully saturated rings. The lowest BCUT2D eigenvalue weighted by molar-refractivity contribution is -0.387. The molecule has 0 unspecified atom stereocenters. The number of carboxylic acids is 1. The quantitative estimate of drug-likeness (QED) is 0.652. The minimum atomic E-state index is -4.16. The predicted molar refractivity (Wildman–Crippen MR) is 86.3 cm³/mol. The van der Waals surface area contributed by atoms with Gasteiger partial charge in [0.05, 0.1) is 10.8 Å². The fourth-order valence-electron chi connectivity index (χ4n) is 3.03. The van der Waals surface area contributed by atoms with Gasteiger partial charge in [0.2, 0.25) is 10.0 Å². The molecule has 2 atom stereocenters. The van der Waals surface area contributed by atoms with Crippen LogP contribution in [0.2, 0.25) is 0 Å². The highest BCUT2D eigenvalue weighted by Crippen LogP contribution is 2.34. The molecule has 1 aliphatic heterocycles. The molecule has 2 rings (SSSR count). The third kappa shape index (κ3) is 3.13. The Morgan fingerprint density at radius 3 is 2.46 bits per heavy atom. The maximum atomic E-state index is 13.0. The smallest absolute Gasteiger partial charge is 0.308 e. The summed E-state index contributed by atoms with van der Waals surface area (Å²) in [5.41, 5.74) is 0.761. The number of piperidine rings is 1. The maximum Gasteiger partial charge on any atom is 0.308 e. The van der Waals surface area contributed by atoms with Crippen molar-refractivity contribution in [1.82, 2.24) is 4.31 Å². The van der Waals surface area contributed by atoms with E-state index in [4.69, 9.17) is 0 Å². The van der Waals surface area contributed by atoms with E-state index in [2.05, 4.69) is 0 Å². The fraction of sp³-hybridized carbons (Fsp3) is 0.533. The van der Waals surface area contributed by atoms with E-state index >= 15 is 0 Å². The number of nitro groups is 1. The molecule has 1 saturated heterocycles. The Bertz CT molecular complexity index is 789. The average Bonchev–Trinajstić information content (AvgIpc) is 2.48. The molecule has 0 aliphatic carbocycles. The van der Waals surface area contributed by atoms with Crippen LogP contribution >= 0.6 is 0 Å². The summed E-state index contributed by atoms with van der Waals surface area (Å²) in [6, 6.07) is 1.77. The number of carboxylic acid groups (broad SMARTS) is 1. The summed E-state index contributed by atoms with van der Waals surface area (Å²) in [5.74, 6) is -1.88. The van der Waals surface area contributed by atoms with Gasteiger partial charge in [-0.1, -0.05) is 0 Å². The van der Waals surface area contributed by atoms with Gasteiger partial charge in [-0.3, -0.25) is 14.9 Å². The van der Waals surface area contributed by atoms with E-state index in [0.29, 0.717) is 24.0 Å². The van der Waals surface area contributed by atoms with Crippen LogP contribution in [0.15, 0.2) is 17.0 Å². The van der Waals surface area contributed by atoms with Crippen molar-refractivity contribution < 1.29 is 23.2 Å². The van der Waals surface area contributed by atoms with Gasteiger partial charge < -0.3 is 5.11 Å². The van der Waals surface area contributed by atoms with E-state index in [-0.39, 0.29) is 11.4 Å². The number of aryl methyl sites for hydroxylation is 2. The van der Waals surface area contributed by atoms with Crippen LogP contribution in [-0.4, -0.2) is 41.3 Å². The summed E-state index contributed by atoms with van der Waals surface area (Å²) < 4.78 is 27.0. The number of hydrogen-bond donors (Lipinski definition) is 1. The zero-order valence-electron chi connectivity index (χ0n) is 13.7. The number of hydrogen-bond acceptors (Lipinski definition) is 5. The van der Waals surface area contributed by atoms with Gasteiger partial charge in [0.15, 0.2) is 4.90 Å². The van der Waals surface area contributed by atoms with E-state index < -0.39 is 38.6 Å². The van der Waals surface area contributed by atoms with Crippen LogP contribution in [-0.2, 0) is 14.8 Å². The summed E-state index contributed by atoms with van der Waals surface area (Å²) >= 11 is 0. The minimum Gasteiger partial charge on any atom is -0.481 e. The molecule has 8 nitrogen and oxygen atoms in total. The third-order valence-corrected chi connectivity index (χ3v) is 6.62. The molecule has 0 aromatic heterocycles. The van der Waals surface area contributed by atoms with Crippen LogP contribution in [0.25, 0.3) is 0 Å². The van der Waals surface area contributed by atoms with Crippen LogP contribution in [0, 0.1) is 29.9 Å². The van der Waals surface area contributed by atoms with Crippen LogP contribution in [0.4, 0.5) is 5.69 Å². The van der Waals surface area contributed by atoms with Gasteiger partial charge in [-0.15, -0.1) is 0 Å². The van der Waals surface area contributed by atoms with Crippen molar-refractivity contribution in [3.63, 3.8) is 0 Å². The van der Waals surface area contributed by atoms with E-state index in [1.165, 1.54) is 19.1 Å². The first-order valence-corrected chi connectivity index (χ1v) is 9.01. The maximum absolute atomic E-state index is 13.0. The molecule has 1 aliphatic rings. The fourth-order valence-corrected chi connectivity index (χ4v) is 4.96. The molecular formula is C15H20N2O6S. The van der Waals surface area contributed by atoms with Crippen molar-refractivity contribution in [1.29, 1.82) is 0 Å². The van der Waals surface area contributed by atoms with Crippen molar-refractivity contribution in [2.75, 3.05) is 6.54 Å². The number of nitro benzene ring substituents is 1. The van der Waals surface area contributed by atoms with Crippen LogP contribution in [0.3, 0.4) is 0 Å². The largest absolute Gasteiger partial charge is 0.481 e. The molecule has 1 aromatic carbocycles. The number of aliphatic carboxylic acids is 1. The normalized spacial score (nSPS) is 22.3. The van der Waals surface area contributed by atoms with Gasteiger partial charge in [-0.25, -0.2) is 8.42 Å². The van der Waals surface area contributed by atoms with Gasteiger partial charge in [0.1, 0.15) is 0 Å². The molecule has 0 spiro atoms. The predicted octanol–water partition coefficient (Wildman–Crippen LogP) is 2.09. The van der Waals surface area contributed by atoms with Gasteiger partial charge in [-0.2, -0.15) is 4.31 Å². The number of benzene rings is 1. The van der Waals surface area contributed by atoms with Gasteiger partial charge in [0, 0.05) is 18.7 Å². The summed E-state index contributed by atoms with van der Waals surface area (Å²) in [5, 5.41) is 20.6. The highest BCUT2D eigenvalue weighted by Gasteiger charge is 2.41. The minimum absolute atomic E-state index is 0.150. The first kappa shape index (κ1) is 18.3. The highest BCUT2D eigenvalue weighted by atomic mass is 32.2. The summed E-state index contributed by atoms with van der Waals surface area (Å²) in [6.45, 7) is 5.03. The van der Waals surface area contributed by atoms with Crippen molar-refractivity contribution >= 4 is 21.7 Å². The topological polar surface area (TPSA) is 118 Å². The second-order valence-electron chi connectivity index (χ2n) is 6.10. The summed E-state index contributed by atoms with van der Waals surface area (Å²) in [6.07, 6.45) is 0.788. The van der Waals surface area contributed by atoms with Gasteiger partial charge in [0.25, 0.3) is 5.69 Å². The molecular weight excluding hydrogens is 336 g/mol. The highest BCUT2D eigenvalue weighted by molar-refractivity contribution is 7.89. The molecule has 0 bridgehead atoms. The Labute approximate surface area is 140 Å². The SMILES string of the molecule is Cc1cc([N+](=O)[O-])c(S(=O)(=O)N2CCC[C@@H](C(=O)O)[C@H]2C)cc1C. The Kier molecular flexibility index (Phi) is 4.95. The summed E-state index contributed by atoms with van der Waals surface area (Å²) in [4.78, 5) is 21.5. The number of rotatable bonds is 4. The second-order valence-corrected chi connectivity index (χ2v) is 7.96. The Morgan fingerprint density at radius 2 is 1.92 bits per heavy atom. The zero-order valence-corrected chi connectivity index (χ0v) is 14.5. The van der Waals surface area contributed by atoms with Crippen molar-refractivity contribution in [2.45, 2.75) is 44.6 Å². The second kappa shape index (κ2) is 6.48. The molecule has 9 heteroatoms.